The van der Waals surface area contributed by atoms with E-state index in [4.69, 9.17) is 5.11 Å². The molecular weight excluding hydrogens is 228 g/mol. The Morgan fingerprint density at radius 1 is 1.47 bits per heavy atom. The highest BCUT2D eigenvalue weighted by Gasteiger charge is 2.04. The molecule has 0 amide bonds. The van der Waals surface area contributed by atoms with Crippen LogP contribution in [0.2, 0.25) is 0 Å². The first-order valence-electron chi connectivity index (χ1n) is 4.70. The summed E-state index contributed by atoms with van der Waals surface area (Å²) in [6, 6.07) is 4.11. The molecule has 2 rings (SSSR count). The van der Waals surface area contributed by atoms with Gasteiger partial charge in [0.05, 0.1) is 11.5 Å². The van der Waals surface area contributed by atoms with Crippen LogP contribution in [0.1, 0.15) is 4.88 Å². The Kier molecular flexibility index (Phi) is 3.85. The number of thiazole rings is 1. The monoisotopic (exact) mass is 240 g/mol. The minimum absolute atomic E-state index is 0.177. The highest BCUT2D eigenvalue weighted by molar-refractivity contribution is 7.20. The molecule has 0 aromatic carbocycles. The predicted molar refractivity (Wildman–Crippen MR) is 64.2 cm³/mol. The Morgan fingerprint density at radius 2 is 2.40 bits per heavy atom. The average Bonchev–Trinajstić information content (AvgIpc) is 2.87. The van der Waals surface area contributed by atoms with Gasteiger partial charge in [-0.05, 0) is 11.4 Å². The molecule has 0 unspecified atom stereocenters. The van der Waals surface area contributed by atoms with Crippen molar-refractivity contribution >= 4 is 22.7 Å². The molecule has 3 nitrogen and oxygen atoms in total. The Hall–Kier alpha value is -0.750. The Bertz CT molecular complexity index is 397. The standard InChI is InChI=1S/C10H12N2OS2/c13-4-3-11-6-8-7-12-10(15-8)9-2-1-5-14-9/h1-2,5,7,11,13H,3-4,6H2. The number of aromatic nitrogens is 1. The van der Waals surface area contributed by atoms with E-state index in [0.29, 0.717) is 6.54 Å². The third-order valence-electron chi connectivity index (χ3n) is 1.87. The second-order valence-corrected chi connectivity index (χ2v) is 5.07. The Morgan fingerprint density at radius 3 is 3.13 bits per heavy atom. The molecule has 2 N–H and O–H groups in total. The summed E-state index contributed by atoms with van der Waals surface area (Å²) in [5, 5.41) is 14.9. The number of aliphatic hydroxyl groups excluding tert-OH is 1. The first-order chi connectivity index (χ1) is 7.40. The van der Waals surface area contributed by atoms with Crippen molar-refractivity contribution in [2.75, 3.05) is 13.2 Å². The summed E-state index contributed by atoms with van der Waals surface area (Å²) in [6.45, 7) is 1.59. The molecule has 0 aliphatic rings. The van der Waals surface area contributed by atoms with E-state index in [1.807, 2.05) is 12.3 Å². The highest BCUT2D eigenvalue weighted by Crippen LogP contribution is 2.28. The van der Waals surface area contributed by atoms with Crippen LogP contribution in [0.5, 0.6) is 0 Å². The molecule has 0 aliphatic carbocycles. The minimum Gasteiger partial charge on any atom is -0.395 e. The highest BCUT2D eigenvalue weighted by atomic mass is 32.1. The van der Waals surface area contributed by atoms with Gasteiger partial charge in [0.15, 0.2) is 0 Å². The van der Waals surface area contributed by atoms with E-state index in [-0.39, 0.29) is 6.61 Å². The van der Waals surface area contributed by atoms with Crippen molar-refractivity contribution in [1.82, 2.24) is 10.3 Å². The van der Waals surface area contributed by atoms with Crippen LogP contribution in [-0.4, -0.2) is 23.2 Å². The van der Waals surface area contributed by atoms with Crippen LogP contribution in [0.25, 0.3) is 9.88 Å². The largest absolute Gasteiger partial charge is 0.395 e. The molecule has 0 radical (unpaired) electrons. The quantitative estimate of drug-likeness (QED) is 0.785. The van der Waals surface area contributed by atoms with Crippen molar-refractivity contribution in [1.29, 1.82) is 0 Å². The molecule has 0 atom stereocenters. The number of nitrogens with one attached hydrogen (secondary N) is 1. The van der Waals surface area contributed by atoms with Crippen molar-refractivity contribution < 1.29 is 5.11 Å². The molecule has 0 bridgehead atoms. The predicted octanol–water partition coefficient (Wildman–Crippen LogP) is 1.95. The number of hydrogen-bond donors (Lipinski definition) is 2. The summed E-state index contributed by atoms with van der Waals surface area (Å²) in [6.07, 6.45) is 1.89. The summed E-state index contributed by atoms with van der Waals surface area (Å²) in [4.78, 5) is 6.78. The average molecular weight is 240 g/mol. The Labute approximate surface area is 96.4 Å². The Balaban J connectivity index is 1.98. The van der Waals surface area contributed by atoms with Crippen molar-refractivity contribution in [2.45, 2.75) is 6.54 Å². The van der Waals surface area contributed by atoms with Crippen LogP contribution in [0.15, 0.2) is 23.7 Å². The number of nitrogens with zero attached hydrogens (tertiary/aromatic N) is 1. The van der Waals surface area contributed by atoms with Crippen LogP contribution in [0.3, 0.4) is 0 Å². The maximum Gasteiger partial charge on any atom is 0.133 e. The second-order valence-electron chi connectivity index (χ2n) is 3.01. The smallest absolute Gasteiger partial charge is 0.133 e. The third-order valence-corrected chi connectivity index (χ3v) is 3.91. The first kappa shape index (κ1) is 10.8. The first-order valence-corrected chi connectivity index (χ1v) is 6.40. The van der Waals surface area contributed by atoms with Crippen LogP contribution in [0, 0.1) is 0 Å². The number of hydrogen-bond acceptors (Lipinski definition) is 5. The van der Waals surface area contributed by atoms with Gasteiger partial charge in [-0.25, -0.2) is 4.98 Å². The van der Waals surface area contributed by atoms with Crippen LogP contribution in [0.4, 0.5) is 0 Å². The summed E-state index contributed by atoms with van der Waals surface area (Å²) >= 11 is 3.40. The molecule has 0 fully saturated rings. The van der Waals surface area contributed by atoms with Gasteiger partial charge in [-0.1, -0.05) is 6.07 Å². The van der Waals surface area contributed by atoms with Gasteiger partial charge in [0.1, 0.15) is 5.01 Å². The lowest BCUT2D eigenvalue weighted by molar-refractivity contribution is 0.292. The molecule has 5 heteroatoms. The number of rotatable bonds is 5. The molecule has 2 aromatic heterocycles. The van der Waals surface area contributed by atoms with Crippen molar-refractivity contribution in [3.63, 3.8) is 0 Å². The topological polar surface area (TPSA) is 45.1 Å². The van der Waals surface area contributed by atoms with Gasteiger partial charge in [-0.3, -0.25) is 0 Å². The van der Waals surface area contributed by atoms with E-state index < -0.39 is 0 Å². The summed E-state index contributed by atoms with van der Waals surface area (Å²) in [5.74, 6) is 0. The lowest BCUT2D eigenvalue weighted by atomic mass is 10.5. The minimum atomic E-state index is 0.177. The fraction of sp³-hybridized carbons (Fsp3) is 0.300. The van der Waals surface area contributed by atoms with Crippen molar-refractivity contribution in [2.24, 2.45) is 0 Å². The molecule has 2 heterocycles. The molecule has 80 valence electrons. The van der Waals surface area contributed by atoms with Crippen LogP contribution in [-0.2, 0) is 6.54 Å². The summed E-state index contributed by atoms with van der Waals surface area (Å²) < 4.78 is 0. The fourth-order valence-electron chi connectivity index (χ4n) is 1.19. The summed E-state index contributed by atoms with van der Waals surface area (Å²) in [7, 11) is 0. The van der Waals surface area contributed by atoms with Gasteiger partial charge < -0.3 is 10.4 Å². The molecule has 15 heavy (non-hydrogen) atoms. The molecular formula is C10H12N2OS2. The number of aliphatic hydroxyl groups is 1. The van der Waals surface area contributed by atoms with Gasteiger partial charge in [0.25, 0.3) is 0 Å². The zero-order valence-corrected chi connectivity index (χ0v) is 9.77. The van der Waals surface area contributed by atoms with Gasteiger partial charge in [0, 0.05) is 24.2 Å². The van der Waals surface area contributed by atoms with Crippen LogP contribution >= 0.6 is 22.7 Å². The van der Waals surface area contributed by atoms with E-state index in [0.717, 1.165) is 11.6 Å². The third kappa shape index (κ3) is 2.85. The SMILES string of the molecule is OCCNCc1cnc(-c2cccs2)s1. The van der Waals surface area contributed by atoms with Gasteiger partial charge in [-0.15, -0.1) is 22.7 Å². The zero-order valence-electron chi connectivity index (χ0n) is 8.14. The van der Waals surface area contributed by atoms with Crippen LogP contribution < -0.4 is 5.32 Å². The van der Waals surface area contributed by atoms with Gasteiger partial charge in [-0.2, -0.15) is 0 Å². The lowest BCUT2D eigenvalue weighted by Gasteiger charge is -1.97. The molecule has 0 saturated heterocycles. The van der Waals surface area contributed by atoms with Crippen molar-refractivity contribution in [3.8, 4) is 9.88 Å². The zero-order chi connectivity index (χ0) is 10.5. The molecule has 2 aromatic rings. The normalized spacial score (nSPS) is 10.7. The number of thiophene rings is 1. The fourth-order valence-corrected chi connectivity index (χ4v) is 2.88. The van der Waals surface area contributed by atoms with Crippen molar-refractivity contribution in [3.05, 3.63) is 28.6 Å². The maximum atomic E-state index is 8.63. The van der Waals surface area contributed by atoms with E-state index >= 15 is 0 Å². The maximum absolute atomic E-state index is 8.63. The molecule has 0 saturated carbocycles. The second kappa shape index (κ2) is 5.37. The van der Waals surface area contributed by atoms with E-state index in [9.17, 15) is 0 Å². The molecule has 0 spiro atoms. The summed E-state index contributed by atoms with van der Waals surface area (Å²) in [5.41, 5.74) is 0. The lowest BCUT2D eigenvalue weighted by Crippen LogP contribution is -2.16. The van der Waals surface area contributed by atoms with E-state index in [1.165, 1.54) is 9.75 Å². The molecule has 0 aliphatic heterocycles. The van der Waals surface area contributed by atoms with Gasteiger partial charge in [0.2, 0.25) is 0 Å². The van der Waals surface area contributed by atoms with Gasteiger partial charge >= 0.3 is 0 Å². The van der Waals surface area contributed by atoms with E-state index in [1.54, 1.807) is 22.7 Å². The van der Waals surface area contributed by atoms with E-state index in [2.05, 4.69) is 21.7 Å².